The van der Waals surface area contributed by atoms with Crippen molar-refractivity contribution < 1.29 is 14.3 Å². The Morgan fingerprint density at radius 3 is 3.03 bits per heavy atom. The van der Waals surface area contributed by atoms with E-state index in [0.717, 1.165) is 59.5 Å². The van der Waals surface area contributed by atoms with Gasteiger partial charge in [0.25, 0.3) is 0 Å². The number of aromatic nitrogens is 2. The third kappa shape index (κ3) is 3.04. The van der Waals surface area contributed by atoms with Crippen LogP contribution in [0, 0.1) is 12.8 Å². The molecule has 2 saturated heterocycles. The topological polar surface area (TPSA) is 67.5 Å². The van der Waals surface area contributed by atoms with Crippen LogP contribution in [0.3, 0.4) is 0 Å². The van der Waals surface area contributed by atoms with Crippen LogP contribution in [0.1, 0.15) is 59.4 Å². The van der Waals surface area contributed by atoms with Gasteiger partial charge in [-0.2, -0.15) is 0 Å². The van der Waals surface area contributed by atoms with Gasteiger partial charge in [0.2, 0.25) is 0 Å². The molecular formula is C26H29N3O3. The van der Waals surface area contributed by atoms with Gasteiger partial charge in [-0.15, -0.1) is 0 Å². The lowest BCUT2D eigenvalue weighted by Gasteiger charge is -2.56. The maximum Gasteiger partial charge on any atom is 0.340 e. The van der Waals surface area contributed by atoms with Gasteiger partial charge in [0, 0.05) is 53.8 Å². The highest BCUT2D eigenvalue weighted by Crippen LogP contribution is 2.50. The van der Waals surface area contributed by atoms with E-state index in [0.29, 0.717) is 11.5 Å². The van der Waals surface area contributed by atoms with Crippen molar-refractivity contribution >= 4 is 16.9 Å². The van der Waals surface area contributed by atoms with E-state index < -0.39 is 0 Å². The van der Waals surface area contributed by atoms with Gasteiger partial charge in [0.05, 0.1) is 11.3 Å². The Hall–Kier alpha value is -2.86. The van der Waals surface area contributed by atoms with Crippen molar-refractivity contribution in [2.24, 2.45) is 5.92 Å². The number of ether oxygens (including phenoxy) is 2. The first kappa shape index (κ1) is 19.8. The Labute approximate surface area is 187 Å². The van der Waals surface area contributed by atoms with Crippen molar-refractivity contribution in [2.45, 2.75) is 57.8 Å². The number of hydrogen-bond donors (Lipinski definition) is 1. The summed E-state index contributed by atoms with van der Waals surface area (Å²) in [5, 5.41) is 0.966. The number of carbonyl (C=O) groups is 1. The lowest BCUT2D eigenvalue weighted by Crippen LogP contribution is -2.64. The standard InChI is InChI=1S/C26H29N3O3/c1-17-23(25(30)31-16-19-8-2-4-12-27-19)24-20-15-18-7-6-14-29-13-5-3-11-26(18,29)32-22(20)10-9-21(24)28-17/h2,4,8-10,12,18,28H,3,5-7,11,13-16H2,1H3. The van der Waals surface area contributed by atoms with Gasteiger partial charge in [-0.1, -0.05) is 6.07 Å². The molecule has 166 valence electrons. The average Bonchev–Trinajstić information content (AvgIpc) is 3.17. The van der Waals surface area contributed by atoms with E-state index in [1.165, 1.54) is 25.7 Å². The SMILES string of the molecule is Cc1[nH]c2ccc3c(c2c1C(=O)OCc1ccccn1)CC1CCCN2CCCCC12O3. The van der Waals surface area contributed by atoms with Crippen molar-refractivity contribution in [1.82, 2.24) is 14.9 Å². The normalized spacial score (nSPS) is 24.8. The predicted octanol–water partition coefficient (Wildman–Crippen LogP) is 4.76. The Morgan fingerprint density at radius 2 is 2.16 bits per heavy atom. The van der Waals surface area contributed by atoms with Gasteiger partial charge in [-0.25, -0.2) is 4.79 Å². The molecule has 0 amide bonds. The molecule has 32 heavy (non-hydrogen) atoms. The Bertz CT molecular complexity index is 1170. The summed E-state index contributed by atoms with van der Waals surface area (Å²) in [4.78, 5) is 23.4. The van der Waals surface area contributed by atoms with Crippen LogP contribution in [0.2, 0.25) is 0 Å². The van der Waals surface area contributed by atoms with Gasteiger partial charge < -0.3 is 14.5 Å². The molecule has 0 radical (unpaired) electrons. The first-order valence-corrected chi connectivity index (χ1v) is 11.8. The Morgan fingerprint density at radius 1 is 1.25 bits per heavy atom. The zero-order valence-electron chi connectivity index (χ0n) is 18.5. The molecule has 1 spiro atoms. The fraction of sp³-hybridized carbons (Fsp3) is 0.462. The molecule has 0 saturated carbocycles. The molecule has 2 atom stereocenters. The van der Waals surface area contributed by atoms with E-state index >= 15 is 0 Å². The molecule has 3 aliphatic rings. The number of nitrogens with one attached hydrogen (secondary N) is 1. The van der Waals surface area contributed by atoms with Crippen molar-refractivity contribution in [1.29, 1.82) is 0 Å². The first-order chi connectivity index (χ1) is 15.7. The number of benzene rings is 1. The molecule has 6 nitrogen and oxygen atoms in total. The summed E-state index contributed by atoms with van der Waals surface area (Å²) in [6.07, 6.45) is 8.62. The number of carbonyl (C=O) groups excluding carboxylic acids is 1. The van der Waals surface area contributed by atoms with Crippen LogP contribution < -0.4 is 4.74 Å². The summed E-state index contributed by atoms with van der Waals surface area (Å²) in [5.74, 6) is 1.08. The fourth-order valence-electron chi connectivity index (χ4n) is 6.16. The summed E-state index contributed by atoms with van der Waals surface area (Å²) >= 11 is 0. The summed E-state index contributed by atoms with van der Waals surface area (Å²) < 4.78 is 12.5. The van der Waals surface area contributed by atoms with Crippen LogP contribution in [0.4, 0.5) is 0 Å². The first-order valence-electron chi connectivity index (χ1n) is 11.8. The van der Waals surface area contributed by atoms with E-state index in [1.807, 2.05) is 31.2 Å². The molecule has 0 aliphatic carbocycles. The molecule has 1 N–H and O–H groups in total. The van der Waals surface area contributed by atoms with Crippen molar-refractivity contribution in [3.05, 3.63) is 59.0 Å². The second-order valence-corrected chi connectivity index (χ2v) is 9.42. The lowest BCUT2D eigenvalue weighted by atomic mass is 9.74. The molecule has 5 heterocycles. The molecule has 2 unspecified atom stereocenters. The predicted molar refractivity (Wildman–Crippen MR) is 122 cm³/mol. The summed E-state index contributed by atoms with van der Waals surface area (Å²) in [6, 6.07) is 9.75. The second kappa shape index (κ2) is 7.62. The third-order valence-electron chi connectivity index (χ3n) is 7.60. The summed E-state index contributed by atoms with van der Waals surface area (Å²) in [7, 11) is 0. The van der Waals surface area contributed by atoms with E-state index in [9.17, 15) is 4.79 Å². The highest BCUT2D eigenvalue weighted by molar-refractivity contribution is 6.07. The second-order valence-electron chi connectivity index (χ2n) is 9.42. The molecule has 2 aromatic heterocycles. The van der Waals surface area contributed by atoms with Crippen LogP contribution in [-0.4, -0.2) is 39.7 Å². The summed E-state index contributed by atoms with van der Waals surface area (Å²) in [5.41, 5.74) is 4.17. The average molecular weight is 432 g/mol. The molecular weight excluding hydrogens is 402 g/mol. The number of aromatic amines is 1. The number of rotatable bonds is 3. The number of H-pyrrole nitrogens is 1. The fourth-order valence-corrected chi connectivity index (χ4v) is 6.16. The monoisotopic (exact) mass is 431 g/mol. The third-order valence-corrected chi connectivity index (χ3v) is 7.60. The van der Waals surface area contributed by atoms with E-state index in [4.69, 9.17) is 9.47 Å². The zero-order valence-corrected chi connectivity index (χ0v) is 18.5. The van der Waals surface area contributed by atoms with Crippen molar-refractivity contribution in [2.75, 3.05) is 13.1 Å². The maximum atomic E-state index is 13.2. The van der Waals surface area contributed by atoms with Gasteiger partial charge in [0.1, 0.15) is 12.4 Å². The van der Waals surface area contributed by atoms with Gasteiger partial charge in [-0.05, 0) is 63.3 Å². The van der Waals surface area contributed by atoms with Crippen LogP contribution in [-0.2, 0) is 17.8 Å². The Kier molecular flexibility index (Phi) is 4.72. The van der Waals surface area contributed by atoms with Crippen LogP contribution in [0.5, 0.6) is 5.75 Å². The van der Waals surface area contributed by atoms with Crippen LogP contribution in [0.25, 0.3) is 10.9 Å². The number of pyridine rings is 1. The zero-order chi connectivity index (χ0) is 21.7. The maximum absolute atomic E-state index is 13.2. The number of hydrogen-bond acceptors (Lipinski definition) is 5. The van der Waals surface area contributed by atoms with Crippen LogP contribution in [0.15, 0.2) is 36.5 Å². The molecule has 6 heteroatoms. The van der Waals surface area contributed by atoms with Gasteiger partial charge in [-0.3, -0.25) is 9.88 Å². The number of fused-ring (bicyclic) bond motifs is 3. The number of esters is 1. The minimum atomic E-state index is -0.309. The van der Waals surface area contributed by atoms with E-state index in [-0.39, 0.29) is 18.3 Å². The van der Waals surface area contributed by atoms with Gasteiger partial charge >= 0.3 is 5.97 Å². The molecule has 3 aliphatic heterocycles. The van der Waals surface area contributed by atoms with E-state index in [2.05, 4.69) is 20.9 Å². The molecule has 6 rings (SSSR count). The van der Waals surface area contributed by atoms with Gasteiger partial charge in [0.15, 0.2) is 5.72 Å². The summed E-state index contributed by atoms with van der Waals surface area (Å²) in [6.45, 7) is 4.36. The minimum Gasteiger partial charge on any atom is -0.472 e. The molecule has 2 fully saturated rings. The highest BCUT2D eigenvalue weighted by atomic mass is 16.5. The number of aryl methyl sites for hydroxylation is 1. The molecule has 1 aromatic carbocycles. The quantitative estimate of drug-likeness (QED) is 0.606. The lowest BCUT2D eigenvalue weighted by molar-refractivity contribution is -0.177. The Balaban J connectivity index is 1.38. The van der Waals surface area contributed by atoms with Crippen molar-refractivity contribution in [3.8, 4) is 5.75 Å². The minimum absolute atomic E-state index is 0.165. The van der Waals surface area contributed by atoms with E-state index in [1.54, 1.807) is 6.20 Å². The number of nitrogens with zero attached hydrogens (tertiary/aromatic N) is 2. The smallest absolute Gasteiger partial charge is 0.340 e. The largest absolute Gasteiger partial charge is 0.472 e. The molecule has 3 aromatic rings. The van der Waals surface area contributed by atoms with Crippen molar-refractivity contribution in [3.63, 3.8) is 0 Å². The van der Waals surface area contributed by atoms with Crippen LogP contribution >= 0.6 is 0 Å². The molecule has 0 bridgehead atoms. The number of piperidine rings is 2. The highest BCUT2D eigenvalue weighted by Gasteiger charge is 2.52.